The second-order valence-electron chi connectivity index (χ2n) is 7.72. The summed E-state index contributed by atoms with van der Waals surface area (Å²) in [6.07, 6.45) is -0.731. The molecule has 2 atom stereocenters. The third-order valence-corrected chi connectivity index (χ3v) is 4.08. The summed E-state index contributed by atoms with van der Waals surface area (Å²) in [6.45, 7) is 9.11. The highest BCUT2D eigenvalue weighted by Crippen LogP contribution is 2.32. The highest BCUT2D eigenvalue weighted by Gasteiger charge is 2.48. The molecule has 0 spiro atoms. The SMILES string of the molecule is CC(C)(C)OC(=O)N1[C@H]([C@@H](F)CCc2ccccc2)COC1(C)C. The van der Waals surface area contributed by atoms with Crippen LogP contribution in [0, 0.1) is 0 Å². The van der Waals surface area contributed by atoms with Gasteiger partial charge in [0.1, 0.15) is 17.5 Å². The molecule has 1 aliphatic rings. The van der Waals surface area contributed by atoms with Crippen LogP contribution in [0.5, 0.6) is 0 Å². The summed E-state index contributed by atoms with van der Waals surface area (Å²) < 4.78 is 26.0. The van der Waals surface area contributed by atoms with Crippen molar-refractivity contribution in [2.75, 3.05) is 6.61 Å². The maximum Gasteiger partial charge on any atom is 0.412 e. The van der Waals surface area contributed by atoms with Gasteiger partial charge < -0.3 is 9.47 Å². The van der Waals surface area contributed by atoms with E-state index in [4.69, 9.17) is 9.47 Å². The molecule has 1 aromatic rings. The molecule has 1 aromatic carbocycles. The van der Waals surface area contributed by atoms with Crippen molar-refractivity contribution < 1.29 is 18.7 Å². The number of rotatable bonds is 4. The van der Waals surface area contributed by atoms with E-state index in [0.29, 0.717) is 12.8 Å². The van der Waals surface area contributed by atoms with Crippen molar-refractivity contribution in [3.63, 3.8) is 0 Å². The van der Waals surface area contributed by atoms with Crippen LogP contribution in [0.3, 0.4) is 0 Å². The lowest BCUT2D eigenvalue weighted by molar-refractivity contribution is -0.0653. The molecule has 0 N–H and O–H groups in total. The van der Waals surface area contributed by atoms with Crippen LogP contribution in [-0.4, -0.2) is 41.1 Å². The second-order valence-corrected chi connectivity index (χ2v) is 7.72. The van der Waals surface area contributed by atoms with Crippen LogP contribution in [0.4, 0.5) is 9.18 Å². The third kappa shape index (κ3) is 4.69. The summed E-state index contributed by atoms with van der Waals surface area (Å²) in [5, 5.41) is 0. The molecule has 5 heteroatoms. The monoisotopic (exact) mass is 337 g/mol. The van der Waals surface area contributed by atoms with Crippen LogP contribution in [0.1, 0.15) is 46.6 Å². The van der Waals surface area contributed by atoms with Crippen molar-refractivity contribution in [1.82, 2.24) is 4.90 Å². The maximum absolute atomic E-state index is 14.9. The number of carbonyl (C=O) groups is 1. The Balaban J connectivity index is 2.05. The molecule has 1 amide bonds. The first kappa shape index (κ1) is 18.7. The molecule has 0 unspecified atom stereocenters. The smallest absolute Gasteiger partial charge is 0.412 e. The van der Waals surface area contributed by atoms with Crippen molar-refractivity contribution in [2.24, 2.45) is 0 Å². The molecule has 0 aliphatic carbocycles. The van der Waals surface area contributed by atoms with Gasteiger partial charge in [0.2, 0.25) is 0 Å². The van der Waals surface area contributed by atoms with Crippen molar-refractivity contribution in [3.8, 4) is 0 Å². The Morgan fingerprint density at radius 1 is 1.38 bits per heavy atom. The molecular weight excluding hydrogens is 309 g/mol. The average Bonchev–Trinajstić information content (AvgIpc) is 2.79. The van der Waals surface area contributed by atoms with Gasteiger partial charge in [-0.2, -0.15) is 0 Å². The molecule has 0 bridgehead atoms. The number of benzene rings is 1. The van der Waals surface area contributed by atoms with E-state index in [1.807, 2.05) is 30.3 Å². The number of nitrogens with zero attached hydrogens (tertiary/aromatic N) is 1. The minimum Gasteiger partial charge on any atom is -0.444 e. The number of halogens is 1. The molecule has 134 valence electrons. The molecule has 0 aromatic heterocycles. The lowest BCUT2D eigenvalue weighted by Gasteiger charge is -2.36. The topological polar surface area (TPSA) is 38.8 Å². The largest absolute Gasteiger partial charge is 0.444 e. The zero-order valence-corrected chi connectivity index (χ0v) is 15.2. The summed E-state index contributed by atoms with van der Waals surface area (Å²) in [6, 6.07) is 9.16. The molecule has 2 rings (SSSR count). The first-order chi connectivity index (χ1) is 11.1. The van der Waals surface area contributed by atoms with E-state index in [1.165, 1.54) is 4.90 Å². The van der Waals surface area contributed by atoms with Gasteiger partial charge in [-0.25, -0.2) is 9.18 Å². The fourth-order valence-corrected chi connectivity index (χ4v) is 2.91. The Morgan fingerprint density at radius 3 is 2.58 bits per heavy atom. The normalized spacial score (nSPS) is 21.6. The van der Waals surface area contributed by atoms with E-state index in [-0.39, 0.29) is 6.61 Å². The predicted molar refractivity (Wildman–Crippen MR) is 91.6 cm³/mol. The van der Waals surface area contributed by atoms with Crippen LogP contribution in [0.15, 0.2) is 30.3 Å². The van der Waals surface area contributed by atoms with Crippen LogP contribution in [0.2, 0.25) is 0 Å². The van der Waals surface area contributed by atoms with E-state index in [0.717, 1.165) is 5.56 Å². The van der Waals surface area contributed by atoms with Crippen molar-refractivity contribution in [2.45, 2.75) is 71.0 Å². The minimum absolute atomic E-state index is 0.183. The van der Waals surface area contributed by atoms with Gasteiger partial charge >= 0.3 is 6.09 Å². The number of aryl methyl sites for hydroxylation is 1. The van der Waals surface area contributed by atoms with Gasteiger partial charge in [0.15, 0.2) is 0 Å². The van der Waals surface area contributed by atoms with Crippen LogP contribution in [0.25, 0.3) is 0 Å². The zero-order chi connectivity index (χ0) is 18.0. The third-order valence-electron chi connectivity index (χ3n) is 4.08. The summed E-state index contributed by atoms with van der Waals surface area (Å²) in [7, 11) is 0. The zero-order valence-electron chi connectivity index (χ0n) is 15.2. The number of amides is 1. The van der Waals surface area contributed by atoms with Crippen molar-refractivity contribution in [3.05, 3.63) is 35.9 Å². The number of alkyl halides is 1. The molecule has 24 heavy (non-hydrogen) atoms. The van der Waals surface area contributed by atoms with Gasteiger partial charge in [-0.15, -0.1) is 0 Å². The maximum atomic E-state index is 14.9. The van der Waals surface area contributed by atoms with E-state index in [1.54, 1.807) is 34.6 Å². The highest BCUT2D eigenvalue weighted by atomic mass is 19.1. The fourth-order valence-electron chi connectivity index (χ4n) is 2.91. The van der Waals surface area contributed by atoms with Gasteiger partial charge in [-0.05, 0) is 53.0 Å². The van der Waals surface area contributed by atoms with Gasteiger partial charge in [0.05, 0.1) is 12.6 Å². The standard InChI is InChI=1S/C19H28FNO3/c1-18(2,3)24-17(22)21-16(13-23-19(21,4)5)15(20)12-11-14-9-7-6-8-10-14/h6-10,15-16H,11-13H2,1-5H3/t15-,16-/m0/s1. The number of ether oxygens (including phenoxy) is 2. The molecule has 0 saturated carbocycles. The van der Waals surface area contributed by atoms with Crippen molar-refractivity contribution >= 4 is 6.09 Å². The second kappa shape index (κ2) is 7.09. The Labute approximate surface area is 143 Å². The van der Waals surface area contributed by atoms with Crippen molar-refractivity contribution in [1.29, 1.82) is 0 Å². The minimum atomic E-state index is -1.17. The molecule has 1 fully saturated rings. The van der Waals surface area contributed by atoms with Gasteiger partial charge in [0.25, 0.3) is 0 Å². The van der Waals surface area contributed by atoms with Crippen LogP contribution in [-0.2, 0) is 15.9 Å². The predicted octanol–water partition coefficient (Wildman–Crippen LogP) is 4.33. The number of hydrogen-bond donors (Lipinski definition) is 0. The van der Waals surface area contributed by atoms with Crippen LogP contribution < -0.4 is 0 Å². The molecule has 4 nitrogen and oxygen atoms in total. The van der Waals surface area contributed by atoms with Gasteiger partial charge in [-0.1, -0.05) is 30.3 Å². The lowest BCUT2D eigenvalue weighted by Crippen LogP contribution is -2.52. The van der Waals surface area contributed by atoms with Crippen LogP contribution >= 0.6 is 0 Å². The molecule has 1 heterocycles. The Kier molecular flexibility index (Phi) is 5.53. The first-order valence-electron chi connectivity index (χ1n) is 8.44. The Hall–Kier alpha value is -1.62. The summed E-state index contributed by atoms with van der Waals surface area (Å²) >= 11 is 0. The quantitative estimate of drug-likeness (QED) is 0.821. The molecular formula is C19H28FNO3. The summed E-state index contributed by atoms with van der Waals surface area (Å²) in [5.41, 5.74) is -0.414. The van der Waals surface area contributed by atoms with E-state index in [9.17, 15) is 9.18 Å². The van der Waals surface area contributed by atoms with Gasteiger partial charge in [-0.3, -0.25) is 4.90 Å². The first-order valence-corrected chi connectivity index (χ1v) is 8.44. The molecule has 1 saturated heterocycles. The van der Waals surface area contributed by atoms with E-state index >= 15 is 0 Å². The molecule has 1 aliphatic heterocycles. The van der Waals surface area contributed by atoms with E-state index < -0.39 is 29.6 Å². The molecule has 0 radical (unpaired) electrons. The van der Waals surface area contributed by atoms with Gasteiger partial charge in [0, 0.05) is 0 Å². The number of carbonyl (C=O) groups excluding carboxylic acids is 1. The fraction of sp³-hybridized carbons (Fsp3) is 0.632. The lowest BCUT2D eigenvalue weighted by atomic mass is 10.0. The average molecular weight is 337 g/mol. The summed E-state index contributed by atoms with van der Waals surface area (Å²) in [4.78, 5) is 13.9. The Bertz CT molecular complexity index is 553. The number of hydrogen-bond acceptors (Lipinski definition) is 3. The highest BCUT2D eigenvalue weighted by molar-refractivity contribution is 5.69. The Morgan fingerprint density at radius 2 is 2.00 bits per heavy atom. The summed E-state index contributed by atoms with van der Waals surface area (Å²) in [5.74, 6) is 0. The van der Waals surface area contributed by atoms with E-state index in [2.05, 4.69) is 0 Å².